The van der Waals surface area contributed by atoms with Crippen molar-refractivity contribution in [2.75, 3.05) is 9.80 Å². The molecule has 0 atom stereocenters. The lowest BCUT2D eigenvalue weighted by Crippen LogP contribution is -2.61. The maximum absolute atomic E-state index is 10.3. The van der Waals surface area contributed by atoms with Crippen molar-refractivity contribution in [1.82, 2.24) is 19.5 Å². The van der Waals surface area contributed by atoms with Crippen molar-refractivity contribution >= 4 is 79.0 Å². The molecule has 0 fully saturated rings. The minimum Gasteiger partial charge on any atom is -0.311 e. The first-order chi connectivity index (χ1) is 62.1. The van der Waals surface area contributed by atoms with Crippen molar-refractivity contribution in [3.8, 4) is 95.5 Å². The van der Waals surface area contributed by atoms with Gasteiger partial charge < -0.3 is 14.4 Å². The van der Waals surface area contributed by atoms with Crippen LogP contribution in [0, 0.1) is 0 Å². The molecule has 16 aromatic rings. The molecule has 0 spiro atoms. The van der Waals surface area contributed by atoms with Gasteiger partial charge in [0.2, 0.25) is 0 Å². The fourth-order valence-electron chi connectivity index (χ4n) is 16.1. The Bertz CT molecular complexity index is 7300. The van der Waals surface area contributed by atoms with Gasteiger partial charge in [0.25, 0.3) is 6.71 Å². The predicted octanol–water partition coefficient (Wildman–Crippen LogP) is 26.9. The first kappa shape index (κ1) is 55.1. The Labute approximate surface area is 699 Å². The second-order valence-electron chi connectivity index (χ2n) is 35.2. The number of benzene rings is 14. The van der Waals surface area contributed by atoms with E-state index in [0.29, 0.717) is 50.6 Å². The summed E-state index contributed by atoms with van der Waals surface area (Å²) in [6.07, 6.45) is 0. The summed E-state index contributed by atoms with van der Waals surface area (Å²) in [5.74, 6) is -1.24. The average molecular weight is 1500 g/mol. The third-order valence-electron chi connectivity index (χ3n) is 22.4. The summed E-state index contributed by atoms with van der Waals surface area (Å²) in [6, 6.07) is 59.3. The van der Waals surface area contributed by atoms with Crippen molar-refractivity contribution in [2.45, 2.75) is 131 Å². The van der Waals surface area contributed by atoms with E-state index in [-0.39, 0.29) is 60.5 Å². The number of hydrogen-bond donors (Lipinski definition) is 0. The molecule has 2 aromatic heterocycles. The summed E-state index contributed by atoms with van der Waals surface area (Å²) >= 11 is 0. The Hall–Kier alpha value is -12.4. The molecule has 6 nitrogen and oxygen atoms in total. The van der Waals surface area contributed by atoms with Gasteiger partial charge in [0.15, 0.2) is 17.5 Å². The Morgan fingerprint density at radius 2 is 0.649 bits per heavy atom. The molecule has 0 saturated carbocycles. The minimum absolute atomic E-state index is 0.147. The van der Waals surface area contributed by atoms with Crippen LogP contribution in [-0.4, -0.2) is 26.2 Å². The van der Waals surface area contributed by atoms with Crippen LogP contribution < -0.4 is 26.2 Å². The van der Waals surface area contributed by atoms with Crippen molar-refractivity contribution in [3.63, 3.8) is 0 Å². The summed E-state index contributed by atoms with van der Waals surface area (Å²) in [6.45, 7) is 31.8. The van der Waals surface area contributed by atoms with Gasteiger partial charge in [-0.1, -0.05) is 358 Å². The normalized spacial score (nSPS) is 15.2. The number of nitrogens with zero attached hydrogens (tertiary/aromatic N) is 6. The average Bonchev–Trinajstić information content (AvgIpc) is 1.11. The molecule has 0 amide bonds. The molecule has 18 rings (SSSR count). The summed E-state index contributed by atoms with van der Waals surface area (Å²) in [4.78, 5) is 20.0. The van der Waals surface area contributed by atoms with Crippen molar-refractivity contribution in [2.24, 2.45) is 0 Å². The highest BCUT2D eigenvalue weighted by Crippen LogP contribution is 2.55. The number of para-hydroxylation sites is 2. The van der Waals surface area contributed by atoms with E-state index >= 15 is 0 Å². The van der Waals surface area contributed by atoms with Crippen LogP contribution in [0.2, 0.25) is 0 Å². The second-order valence-corrected chi connectivity index (χ2v) is 35.2. The highest BCUT2D eigenvalue weighted by Gasteiger charge is 2.46. The fraction of sp³-hybridized carbons (Fsp3) is 0.187. The van der Waals surface area contributed by atoms with Crippen LogP contribution >= 0.6 is 0 Å². The Kier molecular flexibility index (Phi) is 13.4. The number of rotatable bonds is 11. The highest BCUT2D eigenvalue weighted by atomic mass is 15.2. The van der Waals surface area contributed by atoms with Gasteiger partial charge in [-0.15, -0.1) is 0 Å². The number of aromatic nitrogens is 4. The molecule has 2 aliphatic heterocycles. The van der Waals surface area contributed by atoms with E-state index in [1.165, 1.54) is 0 Å². The van der Waals surface area contributed by atoms with E-state index in [2.05, 4.69) is 214 Å². The van der Waals surface area contributed by atoms with Crippen LogP contribution in [0.5, 0.6) is 0 Å². The first-order valence-corrected chi connectivity index (χ1v) is 38.9. The molecule has 2 aliphatic rings. The monoisotopic (exact) mass is 1490 g/mol. The summed E-state index contributed by atoms with van der Waals surface area (Å²) in [7, 11) is 0. The van der Waals surface area contributed by atoms with Crippen molar-refractivity contribution in [1.29, 1.82) is 0 Å². The van der Waals surface area contributed by atoms with E-state index in [1.807, 2.05) is 106 Å². The summed E-state index contributed by atoms with van der Waals surface area (Å²) < 4.78 is 174. The van der Waals surface area contributed by atoms with Gasteiger partial charge in [-0.25, -0.2) is 15.0 Å². The molecule has 0 bridgehead atoms. The standard InChI is InChI=1S/C107H97BN6/c1-103(2,3)78-55-76(56-79(62-78)104(4,5)6)74-49-52-89-94(60-74)113(93-54-51-73(68-35-21-16-22-36-68)59-86(93)69-37-23-17-24-38-69)96-66-83(112-91-47-33-31-45-84(91)85-46-32-34-48-92(85)112)67-97-98(96)108(89)90-53-50-75(77-57-80(105(7,8)9)63-81(58-77)106(10,11)12)61-95(90)114(97)99-87(70-39-25-18-26-40-70)64-82(107(13,14)15)65-88(99)102-110-100(71-41-27-19-28-42-71)109-101(111-102)72-43-29-20-30-44-72/h16-67H,1-15H3/i19D,20D,27D,28D,29D,30D,31D,32D,33D,34D,41D,42D,43D,44D,45D,46D,47D,48D. The van der Waals surface area contributed by atoms with E-state index in [0.717, 1.165) is 83.4 Å². The minimum atomic E-state index is -0.778. The molecular weight excluding hydrogens is 1380 g/mol. The molecule has 0 unspecified atom stereocenters. The molecule has 14 aromatic carbocycles. The zero-order valence-corrected chi connectivity index (χ0v) is 66.9. The summed E-state index contributed by atoms with van der Waals surface area (Å²) in [5.41, 5.74) is 15.8. The quantitative estimate of drug-likeness (QED) is 0.121. The second kappa shape index (κ2) is 27.7. The van der Waals surface area contributed by atoms with Crippen LogP contribution in [0.15, 0.2) is 315 Å². The van der Waals surface area contributed by atoms with Gasteiger partial charge >= 0.3 is 0 Å². The van der Waals surface area contributed by atoms with Crippen molar-refractivity contribution < 1.29 is 24.7 Å². The largest absolute Gasteiger partial charge is 0.311 e. The smallest absolute Gasteiger partial charge is 0.252 e. The number of anilines is 6. The molecule has 0 saturated heterocycles. The zero-order chi connectivity index (χ0) is 94.6. The van der Waals surface area contributed by atoms with Gasteiger partial charge in [-0.05, 0) is 176 Å². The third kappa shape index (κ3) is 13.2. The maximum Gasteiger partial charge on any atom is 0.252 e. The van der Waals surface area contributed by atoms with Gasteiger partial charge in [-0.3, -0.25) is 0 Å². The highest BCUT2D eigenvalue weighted by molar-refractivity contribution is 7.00. The molecule has 558 valence electrons. The van der Waals surface area contributed by atoms with Crippen LogP contribution in [0.3, 0.4) is 0 Å². The van der Waals surface area contributed by atoms with Crippen LogP contribution in [0.25, 0.3) is 117 Å². The van der Waals surface area contributed by atoms with Gasteiger partial charge in [0.1, 0.15) is 0 Å². The molecule has 0 aliphatic carbocycles. The zero-order valence-electron chi connectivity index (χ0n) is 84.9. The van der Waals surface area contributed by atoms with E-state index in [9.17, 15) is 21.9 Å². The first-order valence-electron chi connectivity index (χ1n) is 47.9. The van der Waals surface area contributed by atoms with E-state index in [1.54, 1.807) is 4.57 Å². The Morgan fingerprint density at radius 1 is 0.272 bits per heavy atom. The molecular formula is C107H97BN6. The topological polar surface area (TPSA) is 50.1 Å². The van der Waals surface area contributed by atoms with E-state index in [4.69, 9.17) is 17.7 Å². The Morgan fingerprint density at radius 3 is 1.11 bits per heavy atom. The predicted molar refractivity (Wildman–Crippen MR) is 485 cm³/mol. The molecule has 114 heavy (non-hydrogen) atoms. The molecule has 7 heteroatoms. The SMILES string of the molecule is [2H]c1c([2H])c([2H])c(-c2nc(-c3cc(C(C)(C)C)cc(-c4ccccc4)c3N3c4cc(-c5cc(C(C)(C)C)cc(C(C)(C)C)c5)ccc4B4c5ccc(-c6cc(C(C)(C)C)cc(C(C)(C)C)c6)cc5N(c5ccc(-c6ccccc6)cc5-c5ccccc5)c5cc(-n6c7c([2H])c([2H])c([2H])c([2H])c7c7c([2H])c([2H])c([2H])c([2H])c76)cc3c54)nc(-c3c([2H])c([2H])c([2H])c([2H])c3[2H])n2)c([2H])c1[2H]. The lowest BCUT2D eigenvalue weighted by Gasteiger charge is -2.46. The molecule has 0 radical (unpaired) electrons. The lowest BCUT2D eigenvalue weighted by molar-refractivity contribution is 0.568. The third-order valence-corrected chi connectivity index (χ3v) is 22.4. The lowest BCUT2D eigenvalue weighted by atomic mass is 9.33. The Balaban J connectivity index is 1.11. The van der Waals surface area contributed by atoms with Crippen LogP contribution in [0.4, 0.5) is 34.1 Å². The van der Waals surface area contributed by atoms with Crippen molar-refractivity contribution in [3.05, 3.63) is 343 Å². The number of fused-ring (bicyclic) bond motifs is 7. The molecule has 4 heterocycles. The summed E-state index contributed by atoms with van der Waals surface area (Å²) in [5, 5.41) is -0.307. The fourth-order valence-corrected chi connectivity index (χ4v) is 16.1. The van der Waals surface area contributed by atoms with Crippen LogP contribution in [-0.2, 0) is 27.1 Å². The van der Waals surface area contributed by atoms with Crippen LogP contribution in [0.1, 0.15) is 156 Å². The van der Waals surface area contributed by atoms with Gasteiger partial charge in [-0.2, -0.15) is 0 Å². The maximum atomic E-state index is 10.3. The van der Waals surface area contributed by atoms with E-state index < -0.39 is 144 Å². The van der Waals surface area contributed by atoms with Gasteiger partial charge in [0, 0.05) is 61.3 Å². The molecule has 0 N–H and O–H groups in total. The number of hydrogen-bond acceptors (Lipinski definition) is 5. The van der Waals surface area contributed by atoms with Gasteiger partial charge in [0.05, 0.1) is 52.8 Å².